The Balaban J connectivity index is 1.77. The predicted octanol–water partition coefficient (Wildman–Crippen LogP) is 2.28. The number of nitrogens with one attached hydrogen (secondary N) is 1. The lowest BCUT2D eigenvalue weighted by Crippen LogP contribution is -2.46. The molecule has 1 aliphatic heterocycles. The summed E-state index contributed by atoms with van der Waals surface area (Å²) in [5.41, 5.74) is 0.413. The van der Waals surface area contributed by atoms with Gasteiger partial charge in [0.2, 0.25) is 11.8 Å². The summed E-state index contributed by atoms with van der Waals surface area (Å²) in [4.78, 5) is 25.7. The molecule has 0 radical (unpaired) electrons. The first-order chi connectivity index (χ1) is 10.6. The van der Waals surface area contributed by atoms with Gasteiger partial charge < -0.3 is 10.2 Å². The van der Waals surface area contributed by atoms with Crippen LogP contribution in [-0.2, 0) is 16.0 Å². The number of carbonyl (C=O) groups is 2. The minimum absolute atomic E-state index is 0.0572. The highest BCUT2D eigenvalue weighted by Crippen LogP contribution is 2.13. The molecular weight excluding hydrogens is 283 g/mol. The lowest BCUT2D eigenvalue weighted by Gasteiger charge is -2.32. The van der Waals surface area contributed by atoms with Gasteiger partial charge in [0, 0.05) is 25.6 Å². The number of hydrogen-bond acceptors (Lipinski definition) is 2. The van der Waals surface area contributed by atoms with Crippen molar-refractivity contribution in [1.82, 2.24) is 10.2 Å². The van der Waals surface area contributed by atoms with Gasteiger partial charge in [-0.05, 0) is 30.9 Å². The van der Waals surface area contributed by atoms with Crippen LogP contribution in [0.5, 0.6) is 0 Å². The monoisotopic (exact) mass is 306 g/mol. The van der Waals surface area contributed by atoms with Crippen LogP contribution in [0, 0.1) is 5.82 Å². The van der Waals surface area contributed by atoms with Crippen molar-refractivity contribution in [3.05, 3.63) is 35.6 Å². The summed E-state index contributed by atoms with van der Waals surface area (Å²) < 4.78 is 13.5. The Morgan fingerprint density at radius 2 is 1.95 bits per heavy atom. The minimum Gasteiger partial charge on any atom is -0.353 e. The molecule has 1 aromatic carbocycles. The quantitative estimate of drug-likeness (QED) is 0.907. The smallest absolute Gasteiger partial charge is 0.224 e. The number of likely N-dealkylation sites (tertiary alicyclic amines) is 1. The van der Waals surface area contributed by atoms with Gasteiger partial charge >= 0.3 is 0 Å². The van der Waals surface area contributed by atoms with Crippen LogP contribution in [0.2, 0.25) is 0 Å². The minimum atomic E-state index is -0.349. The van der Waals surface area contributed by atoms with Gasteiger partial charge in [0.25, 0.3) is 0 Å². The fourth-order valence-corrected chi connectivity index (χ4v) is 2.74. The zero-order valence-electron chi connectivity index (χ0n) is 13.0. The van der Waals surface area contributed by atoms with Crippen LogP contribution in [0.15, 0.2) is 24.3 Å². The number of amides is 2. The van der Waals surface area contributed by atoms with Crippen molar-refractivity contribution in [1.29, 1.82) is 0 Å². The van der Waals surface area contributed by atoms with Crippen LogP contribution in [0.3, 0.4) is 0 Å². The van der Waals surface area contributed by atoms with E-state index >= 15 is 0 Å². The number of piperidine rings is 1. The molecule has 0 atom stereocenters. The van der Waals surface area contributed by atoms with Gasteiger partial charge in [-0.2, -0.15) is 0 Å². The number of carbonyl (C=O) groups excluding carboxylic acids is 2. The number of benzene rings is 1. The van der Waals surface area contributed by atoms with E-state index in [0.29, 0.717) is 25.1 Å². The third-order valence-corrected chi connectivity index (χ3v) is 3.99. The highest BCUT2D eigenvalue weighted by atomic mass is 19.1. The van der Waals surface area contributed by atoms with Crippen LogP contribution >= 0.6 is 0 Å². The van der Waals surface area contributed by atoms with E-state index in [1.54, 1.807) is 18.2 Å². The molecule has 1 aliphatic rings. The molecule has 0 saturated carbocycles. The zero-order valence-corrected chi connectivity index (χ0v) is 13.0. The summed E-state index contributed by atoms with van der Waals surface area (Å²) in [7, 11) is 0. The normalized spacial score (nSPS) is 15.6. The van der Waals surface area contributed by atoms with Gasteiger partial charge in [-0.15, -0.1) is 0 Å². The van der Waals surface area contributed by atoms with E-state index in [1.807, 2.05) is 11.8 Å². The highest BCUT2D eigenvalue weighted by Gasteiger charge is 2.23. The SMILES string of the molecule is CCCC(=O)N1CCC(NC(=O)Cc2ccccc2F)CC1. The first-order valence-corrected chi connectivity index (χ1v) is 7.90. The van der Waals surface area contributed by atoms with Crippen LogP contribution in [-0.4, -0.2) is 35.8 Å². The number of nitrogens with zero attached hydrogens (tertiary/aromatic N) is 1. The standard InChI is InChI=1S/C17H23FN2O2/c1-2-5-17(22)20-10-8-14(9-11-20)19-16(21)12-13-6-3-4-7-15(13)18/h3-4,6-7,14H,2,5,8-12H2,1H3,(H,19,21). The molecule has 120 valence electrons. The van der Waals surface area contributed by atoms with Gasteiger partial charge in [-0.1, -0.05) is 25.1 Å². The Bertz CT molecular complexity index is 525. The second-order valence-corrected chi connectivity index (χ2v) is 5.74. The molecule has 1 N–H and O–H groups in total. The molecule has 0 spiro atoms. The fourth-order valence-electron chi connectivity index (χ4n) is 2.74. The molecule has 0 aliphatic carbocycles. The summed E-state index contributed by atoms with van der Waals surface area (Å²) in [6, 6.07) is 6.40. The second-order valence-electron chi connectivity index (χ2n) is 5.74. The van der Waals surface area contributed by atoms with Crippen LogP contribution < -0.4 is 5.32 Å². The largest absolute Gasteiger partial charge is 0.353 e. The molecule has 2 rings (SSSR count). The average molecular weight is 306 g/mol. The summed E-state index contributed by atoms with van der Waals surface area (Å²) >= 11 is 0. The molecule has 4 nitrogen and oxygen atoms in total. The Morgan fingerprint density at radius 1 is 1.27 bits per heavy atom. The molecule has 1 saturated heterocycles. The van der Waals surface area contributed by atoms with E-state index in [-0.39, 0.29) is 30.1 Å². The maximum absolute atomic E-state index is 13.5. The van der Waals surface area contributed by atoms with E-state index < -0.39 is 0 Å². The van der Waals surface area contributed by atoms with Gasteiger partial charge in [-0.3, -0.25) is 9.59 Å². The van der Waals surface area contributed by atoms with Crippen molar-refractivity contribution in [2.75, 3.05) is 13.1 Å². The van der Waals surface area contributed by atoms with Crippen LogP contribution in [0.4, 0.5) is 4.39 Å². The molecule has 0 unspecified atom stereocenters. The van der Waals surface area contributed by atoms with E-state index in [1.165, 1.54) is 6.07 Å². The van der Waals surface area contributed by atoms with E-state index in [9.17, 15) is 14.0 Å². The van der Waals surface area contributed by atoms with E-state index in [0.717, 1.165) is 19.3 Å². The summed E-state index contributed by atoms with van der Waals surface area (Å²) in [6.07, 6.45) is 3.03. The maximum Gasteiger partial charge on any atom is 0.224 e. The van der Waals surface area contributed by atoms with E-state index in [4.69, 9.17) is 0 Å². The molecule has 5 heteroatoms. The lowest BCUT2D eigenvalue weighted by molar-refractivity contribution is -0.132. The van der Waals surface area contributed by atoms with Crippen LogP contribution in [0.1, 0.15) is 38.2 Å². The maximum atomic E-state index is 13.5. The first kappa shape index (κ1) is 16.5. The van der Waals surface area contributed by atoms with Crippen molar-refractivity contribution in [2.45, 2.75) is 45.1 Å². The Hall–Kier alpha value is -1.91. The summed E-state index contributed by atoms with van der Waals surface area (Å²) in [5.74, 6) is -0.320. The van der Waals surface area contributed by atoms with E-state index in [2.05, 4.69) is 5.32 Å². The molecule has 0 bridgehead atoms. The molecule has 22 heavy (non-hydrogen) atoms. The van der Waals surface area contributed by atoms with Gasteiger partial charge in [0.05, 0.1) is 6.42 Å². The first-order valence-electron chi connectivity index (χ1n) is 7.90. The molecule has 1 heterocycles. The molecule has 2 amide bonds. The van der Waals surface area contributed by atoms with Gasteiger partial charge in [0.15, 0.2) is 0 Å². The zero-order chi connectivity index (χ0) is 15.9. The predicted molar refractivity (Wildman–Crippen MR) is 82.8 cm³/mol. The van der Waals surface area contributed by atoms with Gasteiger partial charge in [0.1, 0.15) is 5.82 Å². The topological polar surface area (TPSA) is 49.4 Å². The van der Waals surface area contributed by atoms with Crippen LogP contribution in [0.25, 0.3) is 0 Å². The Labute approximate surface area is 130 Å². The van der Waals surface area contributed by atoms with Crippen molar-refractivity contribution < 1.29 is 14.0 Å². The molecule has 1 aromatic rings. The number of halogens is 1. The lowest BCUT2D eigenvalue weighted by atomic mass is 10.0. The third-order valence-electron chi connectivity index (χ3n) is 3.99. The van der Waals surface area contributed by atoms with Crippen molar-refractivity contribution >= 4 is 11.8 Å². The fraction of sp³-hybridized carbons (Fsp3) is 0.529. The molecular formula is C17H23FN2O2. The average Bonchev–Trinajstić information content (AvgIpc) is 2.50. The summed E-state index contributed by atoms with van der Waals surface area (Å²) in [6.45, 7) is 3.36. The van der Waals surface area contributed by atoms with Crippen molar-refractivity contribution in [3.8, 4) is 0 Å². The number of rotatable bonds is 5. The highest BCUT2D eigenvalue weighted by molar-refractivity contribution is 5.79. The Kier molecular flexibility index (Phi) is 5.92. The summed E-state index contributed by atoms with van der Waals surface area (Å²) in [5, 5.41) is 2.94. The van der Waals surface area contributed by atoms with Gasteiger partial charge in [-0.25, -0.2) is 4.39 Å². The molecule has 1 fully saturated rings. The van der Waals surface area contributed by atoms with Crippen molar-refractivity contribution in [2.24, 2.45) is 0 Å². The third kappa shape index (κ3) is 4.55. The molecule has 0 aromatic heterocycles. The van der Waals surface area contributed by atoms with Crippen molar-refractivity contribution in [3.63, 3.8) is 0 Å². The Morgan fingerprint density at radius 3 is 2.59 bits per heavy atom. The number of hydrogen-bond donors (Lipinski definition) is 1. The second kappa shape index (κ2) is 7.92.